The summed E-state index contributed by atoms with van der Waals surface area (Å²) in [6.07, 6.45) is 2.29. The molecule has 0 atom stereocenters. The fourth-order valence-electron chi connectivity index (χ4n) is 0.928. The van der Waals surface area contributed by atoms with Gasteiger partial charge in [0.1, 0.15) is 6.61 Å². The molecule has 5 heteroatoms. The average Bonchev–Trinajstić information content (AvgIpc) is 2.29. The van der Waals surface area contributed by atoms with E-state index in [1.807, 2.05) is 12.1 Å². The zero-order valence-corrected chi connectivity index (χ0v) is 8.64. The number of carbonyl (C=O) groups is 1. The summed E-state index contributed by atoms with van der Waals surface area (Å²) in [5, 5.41) is 10.5. The van der Waals surface area contributed by atoms with Crippen molar-refractivity contribution in [3.05, 3.63) is 30.1 Å². The average molecular weight is 220 g/mol. The van der Waals surface area contributed by atoms with Gasteiger partial charge < -0.3 is 15.2 Å². The minimum atomic E-state index is -1.05. The van der Waals surface area contributed by atoms with Crippen LogP contribution in [-0.4, -0.2) is 35.9 Å². The second-order valence-corrected chi connectivity index (χ2v) is 2.83. The molecule has 1 aromatic rings. The standard InChI is InChI=1S/C11H12N2O3/c14-11(15)13-6-8-16-7-2-4-10-3-1-5-12-9-10/h1,3,5,9,13H,6-8H2,(H,14,15). The molecule has 1 amide bonds. The molecule has 0 fully saturated rings. The monoisotopic (exact) mass is 220 g/mol. The van der Waals surface area contributed by atoms with Crippen molar-refractivity contribution in [2.75, 3.05) is 19.8 Å². The van der Waals surface area contributed by atoms with E-state index in [2.05, 4.69) is 22.1 Å². The zero-order chi connectivity index (χ0) is 11.6. The number of aromatic nitrogens is 1. The Bertz CT molecular complexity index is 381. The summed E-state index contributed by atoms with van der Waals surface area (Å²) < 4.78 is 5.09. The second-order valence-electron chi connectivity index (χ2n) is 2.83. The highest BCUT2D eigenvalue weighted by Gasteiger charge is 1.91. The SMILES string of the molecule is O=C(O)NCCOCC#Cc1cccnc1. The molecular weight excluding hydrogens is 208 g/mol. The fraction of sp³-hybridized carbons (Fsp3) is 0.273. The highest BCUT2D eigenvalue weighted by molar-refractivity contribution is 5.64. The predicted molar refractivity (Wildman–Crippen MR) is 58.0 cm³/mol. The third-order valence-corrected chi connectivity index (χ3v) is 1.59. The minimum Gasteiger partial charge on any atom is -0.465 e. The number of nitrogens with zero attached hydrogens (tertiary/aromatic N) is 1. The zero-order valence-electron chi connectivity index (χ0n) is 8.64. The number of pyridine rings is 1. The molecular formula is C11H12N2O3. The molecule has 2 N–H and O–H groups in total. The largest absolute Gasteiger partial charge is 0.465 e. The number of amides is 1. The summed E-state index contributed by atoms with van der Waals surface area (Å²) >= 11 is 0. The minimum absolute atomic E-state index is 0.268. The maximum Gasteiger partial charge on any atom is 0.404 e. The van der Waals surface area contributed by atoms with E-state index >= 15 is 0 Å². The number of rotatable bonds is 4. The van der Waals surface area contributed by atoms with Gasteiger partial charge in [0.05, 0.1) is 6.61 Å². The molecule has 16 heavy (non-hydrogen) atoms. The first-order valence-corrected chi connectivity index (χ1v) is 4.72. The first-order chi connectivity index (χ1) is 7.79. The Morgan fingerprint density at radius 2 is 2.50 bits per heavy atom. The van der Waals surface area contributed by atoms with Gasteiger partial charge in [0.2, 0.25) is 0 Å². The molecule has 0 unspecified atom stereocenters. The highest BCUT2D eigenvalue weighted by atomic mass is 16.5. The van der Waals surface area contributed by atoms with Gasteiger partial charge in [-0.2, -0.15) is 0 Å². The summed E-state index contributed by atoms with van der Waals surface area (Å²) in [4.78, 5) is 14.0. The van der Waals surface area contributed by atoms with Crippen LogP contribution in [0.15, 0.2) is 24.5 Å². The third kappa shape index (κ3) is 5.62. The van der Waals surface area contributed by atoms with E-state index in [4.69, 9.17) is 9.84 Å². The Morgan fingerprint density at radius 1 is 1.62 bits per heavy atom. The van der Waals surface area contributed by atoms with Gasteiger partial charge in [0.25, 0.3) is 0 Å². The van der Waals surface area contributed by atoms with E-state index < -0.39 is 6.09 Å². The summed E-state index contributed by atoms with van der Waals surface area (Å²) in [5.74, 6) is 5.67. The molecule has 0 saturated carbocycles. The van der Waals surface area contributed by atoms with E-state index in [0.717, 1.165) is 5.56 Å². The van der Waals surface area contributed by atoms with Crippen molar-refractivity contribution in [2.24, 2.45) is 0 Å². The van der Waals surface area contributed by atoms with Crippen LogP contribution in [0.5, 0.6) is 0 Å². The molecule has 0 aliphatic rings. The number of ether oxygens (including phenoxy) is 1. The van der Waals surface area contributed by atoms with Crippen LogP contribution in [0.3, 0.4) is 0 Å². The molecule has 84 valence electrons. The molecule has 0 bridgehead atoms. The van der Waals surface area contributed by atoms with Crippen molar-refractivity contribution in [1.82, 2.24) is 10.3 Å². The van der Waals surface area contributed by atoms with Gasteiger partial charge in [-0.25, -0.2) is 4.79 Å². The van der Waals surface area contributed by atoms with Crippen LogP contribution in [0, 0.1) is 11.8 Å². The Labute approximate surface area is 93.5 Å². The van der Waals surface area contributed by atoms with Gasteiger partial charge in [-0.1, -0.05) is 11.8 Å². The van der Waals surface area contributed by atoms with Gasteiger partial charge in [0, 0.05) is 24.5 Å². The van der Waals surface area contributed by atoms with Crippen molar-refractivity contribution in [3.63, 3.8) is 0 Å². The number of carboxylic acid groups (broad SMARTS) is 1. The highest BCUT2D eigenvalue weighted by Crippen LogP contribution is 1.90. The summed E-state index contributed by atoms with van der Waals surface area (Å²) in [6, 6.07) is 3.66. The van der Waals surface area contributed by atoms with Gasteiger partial charge >= 0.3 is 6.09 Å². The predicted octanol–water partition coefficient (Wildman–Crippen LogP) is 0.717. The molecule has 0 spiro atoms. The maximum absolute atomic E-state index is 10.1. The van der Waals surface area contributed by atoms with Crippen LogP contribution in [-0.2, 0) is 4.74 Å². The van der Waals surface area contributed by atoms with Crippen LogP contribution in [0.4, 0.5) is 4.79 Å². The topological polar surface area (TPSA) is 71.5 Å². The molecule has 0 aromatic carbocycles. The Morgan fingerprint density at radius 3 is 3.19 bits per heavy atom. The van der Waals surface area contributed by atoms with Gasteiger partial charge in [-0.15, -0.1) is 0 Å². The fourth-order valence-corrected chi connectivity index (χ4v) is 0.928. The lowest BCUT2D eigenvalue weighted by molar-refractivity contribution is 0.159. The summed E-state index contributed by atoms with van der Waals surface area (Å²) in [5.41, 5.74) is 0.828. The quantitative estimate of drug-likeness (QED) is 0.579. The maximum atomic E-state index is 10.1. The number of nitrogens with one attached hydrogen (secondary N) is 1. The van der Waals surface area contributed by atoms with Crippen molar-refractivity contribution in [1.29, 1.82) is 0 Å². The smallest absolute Gasteiger partial charge is 0.404 e. The number of hydrogen-bond acceptors (Lipinski definition) is 3. The first-order valence-electron chi connectivity index (χ1n) is 4.72. The van der Waals surface area contributed by atoms with E-state index in [0.29, 0.717) is 6.61 Å². The molecule has 0 radical (unpaired) electrons. The molecule has 1 heterocycles. The first kappa shape index (κ1) is 12.0. The molecule has 0 saturated heterocycles. The summed E-state index contributed by atoms with van der Waals surface area (Å²) in [6.45, 7) is 0.855. The Hall–Kier alpha value is -2.06. The van der Waals surface area contributed by atoms with Crippen LogP contribution in [0.2, 0.25) is 0 Å². The van der Waals surface area contributed by atoms with Crippen LogP contribution < -0.4 is 5.32 Å². The lowest BCUT2D eigenvalue weighted by Crippen LogP contribution is -2.25. The third-order valence-electron chi connectivity index (χ3n) is 1.59. The van der Waals surface area contributed by atoms with E-state index in [-0.39, 0.29) is 13.2 Å². The van der Waals surface area contributed by atoms with Gasteiger partial charge in [-0.3, -0.25) is 4.98 Å². The van der Waals surface area contributed by atoms with Crippen LogP contribution in [0.1, 0.15) is 5.56 Å². The molecule has 0 aliphatic heterocycles. The van der Waals surface area contributed by atoms with Crippen molar-refractivity contribution >= 4 is 6.09 Å². The van der Waals surface area contributed by atoms with Gasteiger partial charge in [-0.05, 0) is 12.1 Å². The summed E-state index contributed by atoms with van der Waals surface area (Å²) in [7, 11) is 0. The Kier molecular flexibility index (Phi) is 5.45. The normalized spacial score (nSPS) is 9.00. The lowest BCUT2D eigenvalue weighted by atomic mass is 10.3. The van der Waals surface area contributed by atoms with Crippen molar-refractivity contribution in [2.45, 2.75) is 0 Å². The van der Waals surface area contributed by atoms with Crippen molar-refractivity contribution in [3.8, 4) is 11.8 Å². The molecule has 5 nitrogen and oxygen atoms in total. The van der Waals surface area contributed by atoms with E-state index in [1.165, 1.54) is 0 Å². The number of hydrogen-bond donors (Lipinski definition) is 2. The van der Waals surface area contributed by atoms with Crippen LogP contribution in [0.25, 0.3) is 0 Å². The second kappa shape index (κ2) is 7.26. The molecule has 1 rings (SSSR count). The Balaban J connectivity index is 2.12. The molecule has 0 aliphatic carbocycles. The van der Waals surface area contributed by atoms with E-state index in [9.17, 15) is 4.79 Å². The van der Waals surface area contributed by atoms with Crippen LogP contribution >= 0.6 is 0 Å². The van der Waals surface area contributed by atoms with Gasteiger partial charge in [0.15, 0.2) is 0 Å². The lowest BCUT2D eigenvalue weighted by Gasteiger charge is -1.99. The van der Waals surface area contributed by atoms with Crippen molar-refractivity contribution < 1.29 is 14.6 Å². The molecule has 1 aromatic heterocycles. The van der Waals surface area contributed by atoms with E-state index in [1.54, 1.807) is 12.4 Å².